The molecule has 2 N–H and O–H groups in total. The number of benzene rings is 1. The molecule has 6 nitrogen and oxygen atoms in total. The van der Waals surface area contributed by atoms with Gasteiger partial charge in [-0.3, -0.25) is 9.97 Å². The Morgan fingerprint density at radius 3 is 1.94 bits per heavy atom. The Hall–Kier alpha value is -2.15. The third kappa shape index (κ3) is 6.66. The molecule has 0 fully saturated rings. The molecule has 0 saturated heterocycles. The molecule has 2 aromatic heterocycles. The molecule has 0 saturated carbocycles. The molecule has 0 bridgehead atoms. The normalized spacial score (nSPS) is 11.4. The van der Waals surface area contributed by atoms with Crippen LogP contribution in [0.3, 0.4) is 0 Å². The molecule has 3 rings (SSSR count). The molecular weight excluding hydrogens is 408 g/mol. The molecule has 0 aliphatic heterocycles. The van der Waals surface area contributed by atoms with Gasteiger partial charge in [0.25, 0.3) is 0 Å². The molecule has 0 amide bonds. The molecule has 3 aromatic rings. The van der Waals surface area contributed by atoms with Gasteiger partial charge in [0.2, 0.25) is 0 Å². The van der Waals surface area contributed by atoms with E-state index in [0.717, 1.165) is 83.6 Å². The van der Waals surface area contributed by atoms with Crippen molar-refractivity contribution in [3.63, 3.8) is 0 Å². The van der Waals surface area contributed by atoms with Gasteiger partial charge in [-0.05, 0) is 92.2 Å². The molecule has 2 heterocycles. The van der Waals surface area contributed by atoms with E-state index in [-0.39, 0.29) is 12.4 Å². The molecule has 0 aliphatic carbocycles. The Kier molecular flexibility index (Phi) is 9.29. The second-order valence-electron chi connectivity index (χ2n) is 8.65. The van der Waals surface area contributed by atoms with E-state index in [1.807, 2.05) is 0 Å². The van der Waals surface area contributed by atoms with E-state index in [1.54, 1.807) is 0 Å². The van der Waals surface area contributed by atoms with Crippen LogP contribution in [0, 0.1) is 13.8 Å². The van der Waals surface area contributed by atoms with Crippen molar-refractivity contribution in [2.24, 2.45) is 0 Å². The molecule has 0 radical (unpaired) electrons. The third-order valence-electron chi connectivity index (χ3n) is 5.20. The zero-order chi connectivity index (χ0) is 21.7. The van der Waals surface area contributed by atoms with Crippen molar-refractivity contribution in [3.8, 4) is 0 Å². The number of aromatic nitrogens is 2. The highest BCUT2D eigenvalue weighted by Gasteiger charge is 2.13. The SMILES string of the molecule is Cc1cc(NCCCN(C)C)c2c(ccc3c(NCCCN(C)C)cc(C)nc32)n1.Cl. The van der Waals surface area contributed by atoms with E-state index in [0.29, 0.717) is 0 Å². The molecule has 0 unspecified atom stereocenters. The first-order chi connectivity index (χ1) is 14.3. The predicted molar refractivity (Wildman–Crippen MR) is 137 cm³/mol. The van der Waals surface area contributed by atoms with Crippen molar-refractivity contribution in [3.05, 3.63) is 35.7 Å². The Bertz CT molecular complexity index is 1000. The number of pyridine rings is 2. The number of fused-ring (bicyclic) bond motifs is 3. The number of aryl methyl sites for hydroxylation is 2. The highest BCUT2D eigenvalue weighted by Crippen LogP contribution is 2.33. The fraction of sp³-hybridized carbons (Fsp3) is 0.500. The summed E-state index contributed by atoms with van der Waals surface area (Å²) in [7, 11) is 8.44. The molecule has 7 heteroatoms. The lowest BCUT2D eigenvalue weighted by Crippen LogP contribution is -2.16. The van der Waals surface area contributed by atoms with Crippen LogP contribution in [0.25, 0.3) is 21.8 Å². The maximum absolute atomic E-state index is 4.93. The van der Waals surface area contributed by atoms with Gasteiger partial charge in [0.1, 0.15) is 0 Å². The Morgan fingerprint density at radius 2 is 1.32 bits per heavy atom. The van der Waals surface area contributed by atoms with Crippen LogP contribution in [0.4, 0.5) is 11.4 Å². The summed E-state index contributed by atoms with van der Waals surface area (Å²) in [6, 6.07) is 8.57. The minimum atomic E-state index is 0. The summed E-state index contributed by atoms with van der Waals surface area (Å²) in [5.41, 5.74) is 6.33. The van der Waals surface area contributed by atoms with E-state index < -0.39 is 0 Å². The average Bonchev–Trinajstić information content (AvgIpc) is 2.67. The molecule has 0 spiro atoms. The number of nitrogens with zero attached hydrogens (tertiary/aromatic N) is 4. The van der Waals surface area contributed by atoms with Gasteiger partial charge < -0.3 is 20.4 Å². The first-order valence-electron chi connectivity index (χ1n) is 10.8. The third-order valence-corrected chi connectivity index (χ3v) is 5.20. The Labute approximate surface area is 192 Å². The largest absolute Gasteiger partial charge is 0.384 e. The second kappa shape index (κ2) is 11.5. The number of nitrogens with one attached hydrogen (secondary N) is 2. The summed E-state index contributed by atoms with van der Waals surface area (Å²) >= 11 is 0. The first kappa shape index (κ1) is 25.1. The highest BCUT2D eigenvalue weighted by molar-refractivity contribution is 6.13. The smallest absolute Gasteiger partial charge is 0.0840 e. The standard InChI is InChI=1S/C24H36N6.ClH/c1-17-16-22(26-12-8-14-30(5)6)23-20(27-17)10-9-19-21(15-18(2)28-24(19)23)25-11-7-13-29(3)4;/h9-10,15-16H,7-8,11-14H2,1-6H3,(H,25,28)(H,26,27);1H. The maximum atomic E-state index is 4.93. The van der Waals surface area contributed by atoms with E-state index in [2.05, 4.69) is 86.7 Å². The topological polar surface area (TPSA) is 56.3 Å². The minimum absolute atomic E-state index is 0. The van der Waals surface area contributed by atoms with E-state index >= 15 is 0 Å². The van der Waals surface area contributed by atoms with Gasteiger partial charge in [-0.2, -0.15) is 0 Å². The lowest BCUT2D eigenvalue weighted by Gasteiger charge is -2.16. The van der Waals surface area contributed by atoms with Crippen LogP contribution in [0.5, 0.6) is 0 Å². The van der Waals surface area contributed by atoms with Crippen LogP contribution in [0.15, 0.2) is 24.3 Å². The summed E-state index contributed by atoms with van der Waals surface area (Å²) in [5, 5.41) is 9.54. The zero-order valence-corrected chi connectivity index (χ0v) is 20.6. The molecule has 31 heavy (non-hydrogen) atoms. The van der Waals surface area contributed by atoms with Gasteiger partial charge in [-0.15, -0.1) is 12.4 Å². The predicted octanol–water partition coefficient (Wildman–Crippen LogP) is 4.55. The monoisotopic (exact) mass is 444 g/mol. The molecule has 1 aromatic carbocycles. The maximum Gasteiger partial charge on any atom is 0.0840 e. The van der Waals surface area contributed by atoms with Gasteiger partial charge in [-0.1, -0.05) is 0 Å². The Balaban J connectivity index is 0.00000341. The molecule has 0 aliphatic rings. The van der Waals surface area contributed by atoms with E-state index in [4.69, 9.17) is 9.97 Å². The molecule has 0 atom stereocenters. The van der Waals surface area contributed by atoms with Crippen LogP contribution in [-0.4, -0.2) is 74.1 Å². The van der Waals surface area contributed by atoms with Crippen molar-refractivity contribution in [2.75, 3.05) is 65.0 Å². The van der Waals surface area contributed by atoms with Gasteiger partial charge in [-0.25, -0.2) is 0 Å². The fourth-order valence-electron chi connectivity index (χ4n) is 3.79. The summed E-state index contributed by atoms with van der Waals surface area (Å²) in [6.07, 6.45) is 2.19. The number of hydrogen-bond acceptors (Lipinski definition) is 6. The van der Waals surface area contributed by atoms with Crippen molar-refractivity contribution in [2.45, 2.75) is 26.7 Å². The van der Waals surface area contributed by atoms with E-state index in [1.165, 1.54) is 0 Å². The number of rotatable bonds is 10. The molecular formula is C24H37ClN6. The van der Waals surface area contributed by atoms with Gasteiger partial charge >= 0.3 is 0 Å². The number of halogens is 1. The van der Waals surface area contributed by atoms with Crippen molar-refractivity contribution in [1.82, 2.24) is 19.8 Å². The van der Waals surface area contributed by atoms with Gasteiger partial charge in [0, 0.05) is 46.6 Å². The summed E-state index contributed by atoms with van der Waals surface area (Å²) < 4.78 is 0. The quantitative estimate of drug-likeness (QED) is 0.353. The minimum Gasteiger partial charge on any atom is -0.384 e. The lowest BCUT2D eigenvalue weighted by atomic mass is 10.1. The van der Waals surface area contributed by atoms with Gasteiger partial charge in [0.15, 0.2) is 0 Å². The van der Waals surface area contributed by atoms with Gasteiger partial charge in [0.05, 0.1) is 11.0 Å². The van der Waals surface area contributed by atoms with Crippen LogP contribution in [-0.2, 0) is 0 Å². The average molecular weight is 445 g/mol. The highest BCUT2D eigenvalue weighted by atomic mass is 35.5. The molecule has 170 valence electrons. The van der Waals surface area contributed by atoms with E-state index in [9.17, 15) is 0 Å². The van der Waals surface area contributed by atoms with Crippen molar-refractivity contribution in [1.29, 1.82) is 0 Å². The second-order valence-corrected chi connectivity index (χ2v) is 8.65. The zero-order valence-electron chi connectivity index (χ0n) is 19.7. The summed E-state index contributed by atoms with van der Waals surface area (Å²) in [4.78, 5) is 14.1. The lowest BCUT2D eigenvalue weighted by molar-refractivity contribution is 0.405. The number of anilines is 2. The Morgan fingerprint density at radius 1 is 0.774 bits per heavy atom. The van der Waals surface area contributed by atoms with Crippen molar-refractivity contribution >= 4 is 45.6 Å². The summed E-state index contributed by atoms with van der Waals surface area (Å²) in [6.45, 7) is 8.12. The fourth-order valence-corrected chi connectivity index (χ4v) is 3.79. The van der Waals surface area contributed by atoms with Crippen molar-refractivity contribution < 1.29 is 0 Å². The van der Waals surface area contributed by atoms with Crippen LogP contribution < -0.4 is 10.6 Å². The van der Waals surface area contributed by atoms with Crippen LogP contribution in [0.1, 0.15) is 24.2 Å². The van der Waals surface area contributed by atoms with Crippen LogP contribution >= 0.6 is 12.4 Å². The number of hydrogen-bond donors (Lipinski definition) is 2. The first-order valence-corrected chi connectivity index (χ1v) is 10.8. The summed E-state index contributed by atoms with van der Waals surface area (Å²) in [5.74, 6) is 0. The van der Waals surface area contributed by atoms with Crippen LogP contribution in [0.2, 0.25) is 0 Å².